The normalized spacial score (nSPS) is 17.9. The second-order valence-corrected chi connectivity index (χ2v) is 15.2. The topological polar surface area (TPSA) is 113 Å². The number of hydrogen-bond acceptors (Lipinski definition) is 9. The van der Waals surface area contributed by atoms with Gasteiger partial charge in [-0.15, -0.1) is 12.3 Å². The van der Waals surface area contributed by atoms with Gasteiger partial charge in [0.15, 0.2) is 0 Å². The number of benzene rings is 3. The molecule has 1 aliphatic heterocycles. The van der Waals surface area contributed by atoms with Crippen molar-refractivity contribution in [3.8, 4) is 23.8 Å². The summed E-state index contributed by atoms with van der Waals surface area (Å²) in [5.74, 6) is 4.10. The van der Waals surface area contributed by atoms with Crippen LogP contribution < -0.4 is 20.7 Å². The van der Waals surface area contributed by atoms with E-state index in [0.29, 0.717) is 42.9 Å². The highest BCUT2D eigenvalue weighted by molar-refractivity contribution is 7.44. The number of nitrogens with one attached hydrogen (secondary N) is 1. The molecule has 0 spiro atoms. The first-order valence-electron chi connectivity index (χ1n) is 18.3. The molecule has 1 aliphatic rings. The van der Waals surface area contributed by atoms with Crippen LogP contribution in [0, 0.1) is 19.3 Å². The first kappa shape index (κ1) is 40.9. The summed E-state index contributed by atoms with van der Waals surface area (Å²) in [5, 5.41) is 0. The largest absolute Gasteiger partial charge is 0.497 e. The van der Waals surface area contributed by atoms with Crippen molar-refractivity contribution in [2.45, 2.75) is 90.0 Å². The van der Waals surface area contributed by atoms with Crippen LogP contribution in [0.15, 0.2) is 94.6 Å². The Balaban J connectivity index is 1.59. The first-order valence-corrected chi connectivity index (χ1v) is 19.4. The van der Waals surface area contributed by atoms with Gasteiger partial charge >= 0.3 is 5.69 Å². The number of methoxy groups -OCH3 is 2. The number of ether oxygens (including phenoxy) is 4. The Bertz CT molecular complexity index is 1880. The molecular weight excluding hydrogens is 705 g/mol. The van der Waals surface area contributed by atoms with Crippen molar-refractivity contribution in [2.75, 3.05) is 27.4 Å². The van der Waals surface area contributed by atoms with Gasteiger partial charge in [-0.05, 0) is 82.0 Å². The third-order valence-corrected chi connectivity index (χ3v) is 11.6. The summed E-state index contributed by atoms with van der Waals surface area (Å²) in [6, 6.07) is 25.9. The molecular formula is C42H52N3O8P. The van der Waals surface area contributed by atoms with E-state index < -0.39 is 43.8 Å². The average Bonchev–Trinajstić information content (AvgIpc) is 3.57. The first-order chi connectivity index (χ1) is 26.0. The maximum atomic E-state index is 13.2. The molecule has 1 saturated heterocycles. The van der Waals surface area contributed by atoms with Gasteiger partial charge in [0.05, 0.1) is 33.5 Å². The van der Waals surface area contributed by atoms with Crippen molar-refractivity contribution < 1.29 is 28.0 Å². The van der Waals surface area contributed by atoms with Gasteiger partial charge in [0, 0.05) is 36.7 Å². The molecule has 5 rings (SSSR count). The van der Waals surface area contributed by atoms with Crippen LogP contribution in [0.2, 0.25) is 0 Å². The standard InChI is InChI=1S/C42H52N3O8P/c1-9-10-14-25-51-54(45(29(2)3)30(4)5)53-37-26-39(44-27-31(6)40(46)43-41(44)47)52-38(37)28-50-42(32-15-12-11-13-16-32,33-17-21-35(48-7)22-18-33)34-19-23-36(49-8)24-20-34/h1,11-13,15-24,27,29-30,37-39H,10,14,25-26,28H2,2-8H3,(H,43,46,47)/t37-,38+,39+,54?/m0/s1. The molecule has 0 saturated carbocycles. The summed E-state index contributed by atoms with van der Waals surface area (Å²) < 4.78 is 42.1. The number of hydrogen-bond donors (Lipinski definition) is 1. The molecule has 2 heterocycles. The molecule has 1 fully saturated rings. The number of aromatic amines is 1. The summed E-state index contributed by atoms with van der Waals surface area (Å²) >= 11 is 0. The number of unbranched alkanes of at least 4 members (excludes halogenated alkanes) is 1. The molecule has 1 aromatic heterocycles. The Morgan fingerprint density at radius 3 is 2.04 bits per heavy atom. The van der Waals surface area contributed by atoms with Crippen LogP contribution in [0.3, 0.4) is 0 Å². The summed E-state index contributed by atoms with van der Waals surface area (Å²) in [6.45, 7) is 10.6. The molecule has 3 aromatic carbocycles. The van der Waals surface area contributed by atoms with Crippen molar-refractivity contribution >= 4 is 8.53 Å². The van der Waals surface area contributed by atoms with E-state index in [0.717, 1.165) is 16.7 Å². The average molecular weight is 758 g/mol. The zero-order chi connectivity index (χ0) is 38.8. The molecule has 0 bridgehead atoms. The summed E-state index contributed by atoms with van der Waals surface area (Å²) in [5.41, 5.74) is 0.891. The van der Waals surface area contributed by atoms with E-state index in [2.05, 4.69) is 43.3 Å². The van der Waals surface area contributed by atoms with Gasteiger partial charge in [-0.2, -0.15) is 0 Å². The zero-order valence-corrected chi connectivity index (χ0v) is 33.1. The van der Waals surface area contributed by atoms with E-state index in [9.17, 15) is 9.59 Å². The quantitative estimate of drug-likeness (QED) is 0.0483. The monoisotopic (exact) mass is 757 g/mol. The van der Waals surface area contributed by atoms with E-state index in [1.807, 2.05) is 78.9 Å². The van der Waals surface area contributed by atoms with Crippen molar-refractivity contribution in [2.24, 2.45) is 0 Å². The van der Waals surface area contributed by atoms with E-state index >= 15 is 0 Å². The third kappa shape index (κ3) is 9.32. The van der Waals surface area contributed by atoms with Crippen LogP contribution in [0.4, 0.5) is 0 Å². The Morgan fingerprint density at radius 2 is 1.50 bits per heavy atom. The lowest BCUT2D eigenvalue weighted by Crippen LogP contribution is -2.39. The van der Waals surface area contributed by atoms with Crippen LogP contribution >= 0.6 is 8.53 Å². The molecule has 1 unspecified atom stereocenters. The predicted octanol–water partition coefficient (Wildman–Crippen LogP) is 7.32. The summed E-state index contributed by atoms with van der Waals surface area (Å²) in [6.07, 6.45) is 6.69. The van der Waals surface area contributed by atoms with Gasteiger partial charge in [0.2, 0.25) is 0 Å². The van der Waals surface area contributed by atoms with Crippen molar-refractivity contribution in [3.63, 3.8) is 0 Å². The lowest BCUT2D eigenvalue weighted by molar-refractivity contribution is -0.0926. The van der Waals surface area contributed by atoms with Crippen LogP contribution in [0.5, 0.6) is 11.5 Å². The number of rotatable bonds is 18. The molecule has 54 heavy (non-hydrogen) atoms. The lowest BCUT2D eigenvalue weighted by atomic mass is 9.80. The van der Waals surface area contributed by atoms with Crippen molar-refractivity contribution in [1.29, 1.82) is 0 Å². The minimum atomic E-state index is -1.59. The molecule has 4 atom stereocenters. The number of nitrogens with zero attached hydrogens (tertiary/aromatic N) is 2. The molecule has 4 aromatic rings. The smallest absolute Gasteiger partial charge is 0.330 e. The number of H-pyrrole nitrogens is 1. The van der Waals surface area contributed by atoms with Gasteiger partial charge in [-0.25, -0.2) is 9.46 Å². The van der Waals surface area contributed by atoms with Gasteiger partial charge in [0.1, 0.15) is 29.4 Å². The second-order valence-electron chi connectivity index (χ2n) is 13.7. The predicted molar refractivity (Wildman–Crippen MR) is 211 cm³/mol. The molecule has 0 aliphatic carbocycles. The third-order valence-electron chi connectivity index (χ3n) is 9.41. The summed E-state index contributed by atoms with van der Waals surface area (Å²) in [7, 11) is 1.68. The Hall–Kier alpha value is -4.27. The van der Waals surface area contributed by atoms with Crippen LogP contribution in [-0.4, -0.2) is 65.9 Å². The lowest BCUT2D eigenvalue weighted by Gasteiger charge is -2.39. The highest BCUT2D eigenvalue weighted by Gasteiger charge is 2.45. The SMILES string of the molecule is C#CCCCOP(O[C@H]1C[C@H](n2cc(C)c(=O)[nH]c2=O)O[C@@H]1COC(c1ccccc1)(c1ccc(OC)cc1)c1ccc(OC)cc1)N(C(C)C)C(C)C. The fourth-order valence-corrected chi connectivity index (χ4v) is 8.57. The summed E-state index contributed by atoms with van der Waals surface area (Å²) in [4.78, 5) is 27.9. The highest BCUT2D eigenvalue weighted by atomic mass is 31.2. The van der Waals surface area contributed by atoms with Gasteiger partial charge in [0.25, 0.3) is 14.1 Å². The van der Waals surface area contributed by atoms with Gasteiger partial charge in [-0.1, -0.05) is 54.6 Å². The second kappa shape index (κ2) is 18.9. The minimum Gasteiger partial charge on any atom is -0.497 e. The van der Waals surface area contributed by atoms with Gasteiger partial charge in [-0.3, -0.25) is 14.3 Å². The Kier molecular flexibility index (Phi) is 14.3. The van der Waals surface area contributed by atoms with Crippen LogP contribution in [0.1, 0.15) is 75.4 Å². The maximum Gasteiger partial charge on any atom is 0.330 e. The van der Waals surface area contributed by atoms with E-state index in [4.69, 9.17) is 34.4 Å². The van der Waals surface area contributed by atoms with Gasteiger partial charge < -0.3 is 28.0 Å². The fourth-order valence-electron chi connectivity index (χ4n) is 6.77. The number of aryl methyl sites for hydroxylation is 1. The van der Waals surface area contributed by atoms with Crippen LogP contribution in [-0.2, 0) is 24.1 Å². The molecule has 11 nitrogen and oxygen atoms in total. The van der Waals surface area contributed by atoms with E-state index in [-0.39, 0.29) is 18.7 Å². The molecule has 288 valence electrons. The Morgan fingerprint density at radius 1 is 0.926 bits per heavy atom. The molecule has 12 heteroatoms. The number of aromatic nitrogens is 2. The van der Waals surface area contributed by atoms with Crippen molar-refractivity contribution in [3.05, 3.63) is 128 Å². The highest BCUT2D eigenvalue weighted by Crippen LogP contribution is 2.50. The van der Waals surface area contributed by atoms with E-state index in [1.165, 1.54) is 10.8 Å². The maximum absolute atomic E-state index is 13.2. The fraction of sp³-hybridized carbons (Fsp3) is 0.429. The number of terminal acetylenes is 1. The molecule has 0 radical (unpaired) electrons. The zero-order valence-electron chi connectivity index (χ0n) is 32.2. The molecule has 1 N–H and O–H groups in total. The van der Waals surface area contributed by atoms with E-state index in [1.54, 1.807) is 21.1 Å². The van der Waals surface area contributed by atoms with Crippen molar-refractivity contribution in [1.82, 2.24) is 14.2 Å². The Labute approximate surface area is 319 Å². The van der Waals surface area contributed by atoms with Crippen LogP contribution in [0.25, 0.3) is 0 Å². The molecule has 0 amide bonds. The minimum absolute atomic E-state index is 0.0643.